The third-order valence-corrected chi connectivity index (χ3v) is 5.16. The summed E-state index contributed by atoms with van der Waals surface area (Å²) in [6.07, 6.45) is 0. The number of benzene rings is 2. The van der Waals surface area contributed by atoms with E-state index in [9.17, 15) is 14.1 Å². The van der Waals surface area contributed by atoms with Gasteiger partial charge in [0.05, 0.1) is 11.3 Å². The smallest absolute Gasteiger partial charge is 0.316 e. The maximum atomic E-state index is 12.6. The van der Waals surface area contributed by atoms with Crippen molar-refractivity contribution in [2.24, 2.45) is 0 Å². The highest BCUT2D eigenvalue weighted by atomic mass is 32.2. The molecule has 27 heavy (non-hydrogen) atoms. The lowest BCUT2D eigenvalue weighted by Gasteiger charge is -2.18. The molecule has 0 aliphatic carbocycles. The second kappa shape index (κ2) is 8.00. The molecule has 0 spiro atoms. The van der Waals surface area contributed by atoms with Gasteiger partial charge in [0.25, 0.3) is 5.91 Å². The molecule has 0 radical (unpaired) electrons. The van der Waals surface area contributed by atoms with Gasteiger partial charge in [-0.15, -0.1) is 0 Å². The highest BCUT2D eigenvalue weighted by Gasteiger charge is 2.20. The fourth-order valence-corrected chi connectivity index (χ4v) is 3.74. The van der Waals surface area contributed by atoms with Crippen LogP contribution in [0.3, 0.4) is 0 Å². The van der Waals surface area contributed by atoms with E-state index < -0.39 is 11.3 Å². The first-order valence-corrected chi connectivity index (χ1v) is 9.59. The summed E-state index contributed by atoms with van der Waals surface area (Å²) < 4.78 is 21.0. The van der Waals surface area contributed by atoms with Gasteiger partial charge < -0.3 is 14.2 Å². The normalized spacial score (nSPS) is 11.8. The summed E-state index contributed by atoms with van der Waals surface area (Å²) in [5.74, 6) is 0.147. The Kier molecular flexibility index (Phi) is 6.15. The van der Waals surface area contributed by atoms with Crippen molar-refractivity contribution in [2.45, 2.75) is 34.6 Å². The van der Waals surface area contributed by atoms with E-state index in [1.54, 1.807) is 27.9 Å². The zero-order chi connectivity index (χ0) is 20.5. The number of carbonyl (C=O) groups excluding carboxylic acids is 1. The van der Waals surface area contributed by atoms with Crippen LogP contribution >= 0.6 is 0 Å². The Morgan fingerprint density at radius 2 is 1.59 bits per heavy atom. The Hall–Kier alpha value is -2.54. The zero-order valence-corrected chi connectivity index (χ0v) is 17.6. The molecule has 0 heterocycles. The van der Waals surface area contributed by atoms with Crippen LogP contribution in [0.25, 0.3) is 0 Å². The number of rotatable bonds is 5. The minimum atomic E-state index is -1.86. The average Bonchev–Trinajstić information content (AvgIpc) is 2.57. The second-order valence-electron chi connectivity index (χ2n) is 6.92. The largest absolute Gasteiger partial charge is 0.507 e. The number of carbonyl (C=O) groups is 1. The predicted octanol–water partition coefficient (Wildman–Crippen LogP) is 3.71. The maximum absolute atomic E-state index is 12.6. The summed E-state index contributed by atoms with van der Waals surface area (Å²) in [7, 11) is 3.21. The molecule has 2 rings (SSSR count). The summed E-state index contributed by atoms with van der Waals surface area (Å²) in [5, 5.41) is 10.3. The fourth-order valence-electron chi connectivity index (χ4n) is 2.90. The Bertz CT molecular complexity index is 900. The van der Waals surface area contributed by atoms with Crippen LogP contribution in [0, 0.1) is 34.6 Å². The standard InChI is InChI=1S/C20H26N2O4S/c1-11-8-12(2)19(13(3)9-11)26-27(25)21-17-10-16(20(24)22(6)7)18(23)15(5)14(17)4/h8-10,21,23H,1-7H3. The Labute approximate surface area is 163 Å². The molecule has 2 N–H and O–H groups in total. The van der Waals surface area contributed by atoms with E-state index in [1.165, 1.54) is 11.0 Å². The molecule has 2 aromatic carbocycles. The first-order chi connectivity index (χ1) is 12.5. The highest BCUT2D eigenvalue weighted by molar-refractivity contribution is 7.82. The van der Waals surface area contributed by atoms with Gasteiger partial charge in [-0.3, -0.25) is 9.52 Å². The van der Waals surface area contributed by atoms with Crippen LogP contribution in [0.1, 0.15) is 38.2 Å². The van der Waals surface area contributed by atoms with E-state index in [0.717, 1.165) is 16.7 Å². The zero-order valence-electron chi connectivity index (χ0n) is 16.8. The molecule has 0 aliphatic heterocycles. The van der Waals surface area contributed by atoms with Gasteiger partial charge in [0, 0.05) is 14.1 Å². The van der Waals surface area contributed by atoms with E-state index >= 15 is 0 Å². The van der Waals surface area contributed by atoms with Gasteiger partial charge in [0.15, 0.2) is 0 Å². The Morgan fingerprint density at radius 3 is 2.11 bits per heavy atom. The van der Waals surface area contributed by atoms with Gasteiger partial charge in [0.2, 0.25) is 0 Å². The minimum Gasteiger partial charge on any atom is -0.507 e. The van der Waals surface area contributed by atoms with Crippen LogP contribution in [0.4, 0.5) is 5.69 Å². The summed E-state index contributed by atoms with van der Waals surface area (Å²) >= 11 is -1.86. The lowest BCUT2D eigenvalue weighted by atomic mass is 10.0. The lowest BCUT2D eigenvalue weighted by Crippen LogP contribution is -2.22. The van der Waals surface area contributed by atoms with E-state index in [1.807, 2.05) is 32.9 Å². The van der Waals surface area contributed by atoms with Gasteiger partial charge >= 0.3 is 11.3 Å². The molecule has 1 amide bonds. The maximum Gasteiger partial charge on any atom is 0.316 e. The van der Waals surface area contributed by atoms with E-state index in [0.29, 0.717) is 22.6 Å². The lowest BCUT2D eigenvalue weighted by molar-refractivity contribution is 0.0824. The van der Waals surface area contributed by atoms with Crippen LogP contribution in [-0.4, -0.2) is 34.2 Å². The molecule has 146 valence electrons. The van der Waals surface area contributed by atoms with Crippen LogP contribution < -0.4 is 8.91 Å². The predicted molar refractivity (Wildman–Crippen MR) is 109 cm³/mol. The number of phenolic OH excluding ortho intramolecular Hbond substituents is 1. The number of hydrogen-bond donors (Lipinski definition) is 2. The molecule has 7 heteroatoms. The molecule has 1 unspecified atom stereocenters. The van der Waals surface area contributed by atoms with Crippen LogP contribution in [0.15, 0.2) is 18.2 Å². The summed E-state index contributed by atoms with van der Waals surface area (Å²) in [6, 6.07) is 5.42. The quantitative estimate of drug-likeness (QED) is 0.763. The van der Waals surface area contributed by atoms with E-state index in [-0.39, 0.29) is 17.2 Å². The molecule has 0 saturated carbocycles. The van der Waals surface area contributed by atoms with Gasteiger partial charge in [-0.05, 0) is 62.9 Å². The van der Waals surface area contributed by atoms with Crippen molar-refractivity contribution in [3.8, 4) is 11.5 Å². The van der Waals surface area contributed by atoms with Gasteiger partial charge in [0.1, 0.15) is 11.5 Å². The van der Waals surface area contributed by atoms with E-state index in [4.69, 9.17) is 4.18 Å². The summed E-state index contributed by atoms with van der Waals surface area (Å²) in [4.78, 5) is 13.7. The Morgan fingerprint density at radius 1 is 1.04 bits per heavy atom. The van der Waals surface area contributed by atoms with Crippen molar-refractivity contribution in [1.82, 2.24) is 4.90 Å². The molecule has 0 aromatic heterocycles. The monoisotopic (exact) mass is 390 g/mol. The molecular weight excluding hydrogens is 364 g/mol. The van der Waals surface area contributed by atoms with Gasteiger partial charge in [-0.2, -0.15) is 4.21 Å². The number of anilines is 1. The SMILES string of the molecule is Cc1cc(C)c(OS(=O)Nc2cc(C(=O)N(C)C)c(O)c(C)c2C)c(C)c1. The van der Waals surface area contributed by atoms with Crippen LogP contribution in [-0.2, 0) is 11.3 Å². The molecular formula is C20H26N2O4S. The van der Waals surface area contributed by atoms with Crippen molar-refractivity contribution in [3.63, 3.8) is 0 Å². The minimum absolute atomic E-state index is 0.0753. The van der Waals surface area contributed by atoms with Crippen molar-refractivity contribution in [3.05, 3.63) is 51.6 Å². The second-order valence-corrected chi connectivity index (χ2v) is 7.76. The van der Waals surface area contributed by atoms with Crippen molar-refractivity contribution < 1.29 is 18.3 Å². The highest BCUT2D eigenvalue weighted by Crippen LogP contribution is 2.32. The molecule has 0 fully saturated rings. The molecule has 2 aromatic rings. The van der Waals surface area contributed by atoms with Crippen LogP contribution in [0.2, 0.25) is 0 Å². The van der Waals surface area contributed by atoms with Crippen molar-refractivity contribution in [2.75, 3.05) is 18.8 Å². The topological polar surface area (TPSA) is 78.9 Å². The average molecular weight is 391 g/mol. The number of nitrogens with zero attached hydrogens (tertiary/aromatic N) is 1. The van der Waals surface area contributed by atoms with E-state index in [2.05, 4.69) is 4.72 Å². The van der Waals surface area contributed by atoms with Crippen molar-refractivity contribution in [1.29, 1.82) is 0 Å². The fraction of sp³-hybridized carbons (Fsp3) is 0.350. The van der Waals surface area contributed by atoms with Crippen LogP contribution in [0.5, 0.6) is 11.5 Å². The molecule has 1 atom stereocenters. The van der Waals surface area contributed by atoms with Gasteiger partial charge in [-0.25, -0.2) is 0 Å². The number of hydrogen-bond acceptors (Lipinski definition) is 4. The molecule has 0 aliphatic rings. The number of nitrogens with one attached hydrogen (secondary N) is 1. The number of amides is 1. The third-order valence-electron chi connectivity index (χ3n) is 4.46. The summed E-state index contributed by atoms with van der Waals surface area (Å²) in [6.45, 7) is 9.28. The molecule has 0 saturated heterocycles. The Balaban J connectivity index is 2.34. The first kappa shape index (κ1) is 20.8. The first-order valence-electron chi connectivity index (χ1n) is 8.52. The summed E-state index contributed by atoms with van der Waals surface area (Å²) in [5.41, 5.74) is 4.74. The molecule has 0 bridgehead atoms. The number of phenols is 1. The van der Waals surface area contributed by atoms with Crippen molar-refractivity contribution >= 4 is 22.9 Å². The number of aryl methyl sites for hydroxylation is 3. The molecule has 6 nitrogen and oxygen atoms in total. The number of aromatic hydroxyl groups is 1. The van der Waals surface area contributed by atoms with Gasteiger partial charge in [-0.1, -0.05) is 17.7 Å². The third kappa shape index (κ3) is 4.42.